The van der Waals surface area contributed by atoms with Crippen LogP contribution in [0.1, 0.15) is 20.8 Å². The predicted octanol–water partition coefficient (Wildman–Crippen LogP) is 1.81. The summed E-state index contributed by atoms with van der Waals surface area (Å²) >= 11 is 0. The fraction of sp³-hybridized carbons (Fsp3) is 0.600. The molecule has 0 aromatic carbocycles. The molecule has 1 rings (SSSR count). The van der Waals surface area contributed by atoms with Crippen LogP contribution in [0.15, 0.2) is 11.6 Å². The Labute approximate surface area is 77.7 Å². The van der Waals surface area contributed by atoms with Crippen LogP contribution in [0, 0.1) is 28.6 Å². The van der Waals surface area contributed by atoms with E-state index in [1.165, 1.54) is 0 Å². The number of nitriles is 1. The van der Waals surface area contributed by atoms with Gasteiger partial charge < -0.3 is 5.11 Å². The van der Waals surface area contributed by atoms with Crippen molar-refractivity contribution in [2.75, 3.05) is 0 Å². The highest BCUT2D eigenvalue weighted by atomic mass is 16.4. The molecule has 0 saturated heterocycles. The Bertz CT molecular complexity index is 309. The number of nitrogens with zero attached hydrogens (tertiary/aromatic N) is 1. The molecule has 1 fully saturated rings. The van der Waals surface area contributed by atoms with Crippen molar-refractivity contribution in [2.24, 2.45) is 17.3 Å². The van der Waals surface area contributed by atoms with Crippen LogP contribution < -0.4 is 0 Å². The lowest BCUT2D eigenvalue weighted by atomic mass is 10.1. The van der Waals surface area contributed by atoms with Crippen LogP contribution in [0.3, 0.4) is 0 Å². The minimum absolute atomic E-state index is 0.0182. The van der Waals surface area contributed by atoms with E-state index in [2.05, 4.69) is 0 Å². The molecule has 0 spiro atoms. The van der Waals surface area contributed by atoms with Gasteiger partial charge in [0.05, 0.1) is 12.0 Å². The average molecular weight is 179 g/mol. The third-order valence-electron chi connectivity index (χ3n) is 2.78. The molecule has 0 amide bonds. The molecule has 0 aliphatic heterocycles. The van der Waals surface area contributed by atoms with E-state index in [0.29, 0.717) is 5.57 Å². The second-order valence-corrected chi connectivity index (χ2v) is 4.12. The number of hydrogen-bond donors (Lipinski definition) is 1. The van der Waals surface area contributed by atoms with Gasteiger partial charge in [-0.2, -0.15) is 5.26 Å². The van der Waals surface area contributed by atoms with Gasteiger partial charge in [0.25, 0.3) is 0 Å². The van der Waals surface area contributed by atoms with Crippen LogP contribution in [0.5, 0.6) is 0 Å². The number of carbonyl (C=O) groups is 1. The van der Waals surface area contributed by atoms with Gasteiger partial charge in [-0.05, 0) is 18.3 Å². The molecule has 0 bridgehead atoms. The van der Waals surface area contributed by atoms with E-state index >= 15 is 0 Å². The summed E-state index contributed by atoms with van der Waals surface area (Å²) in [7, 11) is 0. The summed E-state index contributed by atoms with van der Waals surface area (Å²) in [6.45, 7) is 5.53. The van der Waals surface area contributed by atoms with Crippen molar-refractivity contribution in [3.8, 4) is 6.07 Å². The number of allylic oxidation sites excluding steroid dienone is 2. The summed E-state index contributed by atoms with van der Waals surface area (Å²) in [4.78, 5) is 10.7. The van der Waals surface area contributed by atoms with Crippen LogP contribution in [0.25, 0.3) is 0 Å². The van der Waals surface area contributed by atoms with Crippen LogP contribution >= 0.6 is 0 Å². The van der Waals surface area contributed by atoms with Crippen molar-refractivity contribution in [3.05, 3.63) is 11.6 Å². The van der Waals surface area contributed by atoms with Gasteiger partial charge in [0.1, 0.15) is 0 Å². The summed E-state index contributed by atoms with van der Waals surface area (Å²) < 4.78 is 0. The van der Waals surface area contributed by atoms with Crippen LogP contribution in [0.2, 0.25) is 0 Å². The standard InChI is InChI=1S/C10H13NO2/c1-6(5-11)4-7-8(9(12)13)10(7,2)3/h4,7-8H,1-3H3,(H,12,13)/b6-4-. The maximum absolute atomic E-state index is 10.7. The van der Waals surface area contributed by atoms with Crippen molar-refractivity contribution in [3.63, 3.8) is 0 Å². The quantitative estimate of drug-likeness (QED) is 0.657. The molecule has 0 heterocycles. The molecule has 2 unspecified atom stereocenters. The maximum Gasteiger partial charge on any atom is 0.307 e. The monoisotopic (exact) mass is 179 g/mol. The van der Waals surface area contributed by atoms with Gasteiger partial charge in [0.15, 0.2) is 0 Å². The second kappa shape index (κ2) is 2.88. The van der Waals surface area contributed by atoms with E-state index in [9.17, 15) is 4.79 Å². The Balaban J connectivity index is 2.79. The summed E-state index contributed by atoms with van der Waals surface area (Å²) in [6, 6.07) is 2.00. The van der Waals surface area contributed by atoms with Crippen LogP contribution in [0.4, 0.5) is 0 Å². The zero-order valence-corrected chi connectivity index (χ0v) is 8.03. The molecular weight excluding hydrogens is 166 g/mol. The minimum Gasteiger partial charge on any atom is -0.481 e. The molecule has 0 radical (unpaired) electrons. The van der Waals surface area contributed by atoms with Crippen LogP contribution in [-0.2, 0) is 4.79 Å². The highest BCUT2D eigenvalue weighted by Gasteiger charge is 2.60. The van der Waals surface area contributed by atoms with Gasteiger partial charge in [-0.15, -0.1) is 0 Å². The highest BCUT2D eigenvalue weighted by molar-refractivity contribution is 5.76. The SMILES string of the molecule is C/C(C#N)=C/C1C(C(=O)O)C1(C)C. The van der Waals surface area contributed by atoms with Crippen molar-refractivity contribution < 1.29 is 9.90 Å². The van der Waals surface area contributed by atoms with E-state index in [4.69, 9.17) is 10.4 Å². The van der Waals surface area contributed by atoms with Crippen molar-refractivity contribution in [1.82, 2.24) is 0 Å². The third-order valence-corrected chi connectivity index (χ3v) is 2.78. The van der Waals surface area contributed by atoms with Crippen molar-refractivity contribution in [1.29, 1.82) is 5.26 Å². The Morgan fingerprint density at radius 1 is 1.62 bits per heavy atom. The Hall–Kier alpha value is -1.30. The zero-order chi connectivity index (χ0) is 10.2. The van der Waals surface area contributed by atoms with Gasteiger partial charge >= 0.3 is 5.97 Å². The molecule has 2 atom stereocenters. The summed E-state index contributed by atoms with van der Waals surface area (Å²) in [5.74, 6) is -1.07. The first-order valence-electron chi connectivity index (χ1n) is 4.22. The molecule has 3 heteroatoms. The molecule has 0 aromatic heterocycles. The molecule has 1 N–H and O–H groups in total. The molecule has 70 valence electrons. The lowest BCUT2D eigenvalue weighted by molar-refractivity contribution is -0.139. The van der Waals surface area contributed by atoms with E-state index in [1.807, 2.05) is 19.9 Å². The maximum atomic E-state index is 10.7. The van der Waals surface area contributed by atoms with Crippen molar-refractivity contribution >= 4 is 5.97 Å². The smallest absolute Gasteiger partial charge is 0.307 e. The molecule has 3 nitrogen and oxygen atoms in total. The summed E-state index contributed by atoms with van der Waals surface area (Å²) in [5, 5.41) is 17.4. The second-order valence-electron chi connectivity index (χ2n) is 4.12. The predicted molar refractivity (Wildman–Crippen MR) is 47.8 cm³/mol. The lowest BCUT2D eigenvalue weighted by Crippen LogP contribution is -2.03. The van der Waals surface area contributed by atoms with E-state index in [-0.39, 0.29) is 17.3 Å². The first-order chi connectivity index (χ1) is 5.91. The summed E-state index contributed by atoms with van der Waals surface area (Å²) in [6.07, 6.45) is 1.76. The number of aliphatic carboxylic acids is 1. The fourth-order valence-electron chi connectivity index (χ4n) is 1.77. The molecule has 1 aliphatic rings. The first-order valence-corrected chi connectivity index (χ1v) is 4.22. The minimum atomic E-state index is -0.767. The van der Waals surface area contributed by atoms with Gasteiger partial charge in [0.2, 0.25) is 0 Å². The Kier molecular flexibility index (Phi) is 2.17. The number of rotatable bonds is 2. The Morgan fingerprint density at radius 3 is 2.46 bits per heavy atom. The number of carboxylic acid groups (broad SMARTS) is 1. The normalized spacial score (nSPS) is 30.8. The fourth-order valence-corrected chi connectivity index (χ4v) is 1.77. The molecular formula is C10H13NO2. The van der Waals surface area contributed by atoms with Gasteiger partial charge in [-0.1, -0.05) is 19.9 Å². The van der Waals surface area contributed by atoms with Crippen molar-refractivity contribution in [2.45, 2.75) is 20.8 Å². The average Bonchev–Trinajstić information content (AvgIpc) is 2.53. The van der Waals surface area contributed by atoms with E-state index < -0.39 is 5.97 Å². The Morgan fingerprint density at radius 2 is 2.15 bits per heavy atom. The van der Waals surface area contributed by atoms with Gasteiger partial charge in [-0.3, -0.25) is 4.79 Å². The van der Waals surface area contributed by atoms with E-state index in [1.54, 1.807) is 13.0 Å². The van der Waals surface area contributed by atoms with E-state index in [0.717, 1.165) is 0 Å². The van der Waals surface area contributed by atoms with Gasteiger partial charge in [-0.25, -0.2) is 0 Å². The largest absolute Gasteiger partial charge is 0.481 e. The molecule has 13 heavy (non-hydrogen) atoms. The zero-order valence-electron chi connectivity index (χ0n) is 8.03. The number of hydrogen-bond acceptors (Lipinski definition) is 2. The lowest BCUT2D eigenvalue weighted by Gasteiger charge is -1.96. The summed E-state index contributed by atoms with van der Waals surface area (Å²) in [5.41, 5.74) is 0.408. The topological polar surface area (TPSA) is 61.1 Å². The van der Waals surface area contributed by atoms with Gasteiger partial charge in [0, 0.05) is 5.57 Å². The number of carboxylic acids is 1. The van der Waals surface area contributed by atoms with Crippen LogP contribution in [-0.4, -0.2) is 11.1 Å². The molecule has 1 aliphatic carbocycles. The highest BCUT2D eigenvalue weighted by Crippen LogP contribution is 2.59. The first kappa shape index (κ1) is 9.79. The molecule has 1 saturated carbocycles. The third kappa shape index (κ3) is 1.57. The molecule has 0 aromatic rings.